The van der Waals surface area contributed by atoms with E-state index >= 15 is 0 Å². The van der Waals surface area contributed by atoms with Crippen LogP contribution in [0.1, 0.15) is 0 Å². The lowest BCUT2D eigenvalue weighted by molar-refractivity contribution is 0.430. The van der Waals surface area contributed by atoms with Gasteiger partial charge in [0.25, 0.3) is 5.89 Å². The summed E-state index contributed by atoms with van der Waals surface area (Å²) in [5.41, 5.74) is 6.70. The minimum Gasteiger partial charge on any atom is -0.505 e. The van der Waals surface area contributed by atoms with E-state index in [-0.39, 0.29) is 11.7 Å². The van der Waals surface area contributed by atoms with Crippen molar-refractivity contribution in [1.82, 2.24) is 19.9 Å². The second-order valence-corrected chi connectivity index (χ2v) is 4.16. The lowest BCUT2D eigenvalue weighted by atomic mass is 10.2. The molecule has 0 aliphatic heterocycles. The van der Waals surface area contributed by atoms with E-state index in [1.807, 2.05) is 0 Å². The van der Waals surface area contributed by atoms with Crippen LogP contribution >= 0.6 is 0 Å². The smallest absolute Gasteiger partial charge is 0.263 e. The molecule has 0 unspecified atom stereocenters. The summed E-state index contributed by atoms with van der Waals surface area (Å²) in [6.07, 6.45) is 1.50. The maximum atomic E-state index is 13.3. The Kier molecular flexibility index (Phi) is 2.63. The fourth-order valence-corrected chi connectivity index (χ4v) is 1.71. The Morgan fingerprint density at radius 3 is 2.85 bits per heavy atom. The third kappa shape index (κ3) is 1.87. The van der Waals surface area contributed by atoms with Gasteiger partial charge in [0.15, 0.2) is 11.6 Å². The molecule has 0 aliphatic carbocycles. The van der Waals surface area contributed by atoms with Crippen LogP contribution in [-0.2, 0) is 7.05 Å². The van der Waals surface area contributed by atoms with Crippen molar-refractivity contribution in [3.8, 4) is 28.6 Å². The molecule has 3 rings (SSSR count). The summed E-state index contributed by atoms with van der Waals surface area (Å²) in [6.45, 7) is 0. The average Bonchev–Trinajstić information content (AvgIpc) is 3.02. The van der Waals surface area contributed by atoms with Gasteiger partial charge >= 0.3 is 0 Å². The number of rotatable bonds is 2. The molecule has 0 bridgehead atoms. The molecule has 0 aliphatic rings. The van der Waals surface area contributed by atoms with Gasteiger partial charge in [0.1, 0.15) is 11.4 Å². The summed E-state index contributed by atoms with van der Waals surface area (Å²) in [6, 6.07) is 3.83. The van der Waals surface area contributed by atoms with Gasteiger partial charge in [0.2, 0.25) is 5.82 Å². The molecule has 7 nitrogen and oxygen atoms in total. The molecule has 1 aromatic carbocycles. The van der Waals surface area contributed by atoms with E-state index in [9.17, 15) is 4.39 Å². The van der Waals surface area contributed by atoms with E-state index in [0.717, 1.165) is 6.07 Å². The Labute approximate surface area is 112 Å². The third-order valence-electron chi connectivity index (χ3n) is 2.85. The molecule has 0 atom stereocenters. The Morgan fingerprint density at radius 2 is 2.20 bits per heavy atom. The van der Waals surface area contributed by atoms with Crippen LogP contribution in [0.5, 0.6) is 5.75 Å². The highest BCUT2D eigenvalue weighted by atomic mass is 19.1. The van der Waals surface area contributed by atoms with Crippen LogP contribution in [0.25, 0.3) is 22.8 Å². The fraction of sp³-hybridized carbons (Fsp3) is 0.0833. The molecule has 8 heteroatoms. The number of hydrogen-bond donors (Lipinski definition) is 2. The number of nitrogens with two attached hydrogens (primary N) is 1. The van der Waals surface area contributed by atoms with E-state index in [1.165, 1.54) is 23.0 Å². The first-order chi connectivity index (χ1) is 9.56. The molecule has 2 heterocycles. The molecule has 0 amide bonds. The summed E-state index contributed by atoms with van der Waals surface area (Å²) in [4.78, 5) is 4.14. The summed E-state index contributed by atoms with van der Waals surface area (Å²) in [5, 5.41) is 16.9. The first-order valence-corrected chi connectivity index (χ1v) is 5.66. The number of aromatic nitrogens is 4. The average molecular weight is 275 g/mol. The molecular weight excluding hydrogens is 265 g/mol. The zero-order valence-electron chi connectivity index (χ0n) is 10.4. The number of aromatic hydroxyl groups is 1. The van der Waals surface area contributed by atoms with Crippen molar-refractivity contribution >= 4 is 5.82 Å². The van der Waals surface area contributed by atoms with Crippen LogP contribution < -0.4 is 5.73 Å². The number of phenolic OH excluding ortho intramolecular Hbond substituents is 1. The van der Waals surface area contributed by atoms with Gasteiger partial charge in [-0.2, -0.15) is 10.1 Å². The van der Waals surface area contributed by atoms with Gasteiger partial charge in [-0.15, -0.1) is 0 Å². The second-order valence-electron chi connectivity index (χ2n) is 4.16. The molecule has 20 heavy (non-hydrogen) atoms. The Balaban J connectivity index is 2.01. The lowest BCUT2D eigenvalue weighted by Crippen LogP contribution is -1.98. The predicted molar refractivity (Wildman–Crippen MR) is 68.0 cm³/mol. The van der Waals surface area contributed by atoms with Crippen LogP contribution in [0.2, 0.25) is 0 Å². The molecule has 3 aromatic rings. The van der Waals surface area contributed by atoms with Gasteiger partial charge in [0.05, 0.1) is 6.20 Å². The highest BCUT2D eigenvalue weighted by Gasteiger charge is 2.16. The fourth-order valence-electron chi connectivity index (χ4n) is 1.71. The highest BCUT2D eigenvalue weighted by molar-refractivity contribution is 5.68. The number of halogens is 1. The van der Waals surface area contributed by atoms with E-state index < -0.39 is 11.6 Å². The molecular formula is C12H10FN5O2. The van der Waals surface area contributed by atoms with Crippen LogP contribution in [0.15, 0.2) is 28.9 Å². The van der Waals surface area contributed by atoms with E-state index in [0.29, 0.717) is 16.9 Å². The second kappa shape index (κ2) is 4.34. The standard InChI is InChI=1S/C12H10FN5O2/c1-18-10(14)7(5-15-18)12-16-11(17-20-12)6-2-3-9(19)8(13)4-6/h2-5,19H,14H2,1H3. The van der Waals surface area contributed by atoms with E-state index in [2.05, 4.69) is 15.2 Å². The van der Waals surface area contributed by atoms with Crippen molar-refractivity contribution in [3.63, 3.8) is 0 Å². The largest absolute Gasteiger partial charge is 0.505 e. The molecule has 0 saturated carbocycles. The van der Waals surface area contributed by atoms with Gasteiger partial charge < -0.3 is 15.4 Å². The quantitative estimate of drug-likeness (QED) is 0.735. The van der Waals surface area contributed by atoms with Gasteiger partial charge in [-0.05, 0) is 18.2 Å². The van der Waals surface area contributed by atoms with Crippen molar-refractivity contribution in [1.29, 1.82) is 0 Å². The first kappa shape index (κ1) is 12.2. The number of nitrogens with zero attached hydrogens (tertiary/aromatic N) is 4. The Bertz CT molecular complexity index is 780. The van der Waals surface area contributed by atoms with Crippen molar-refractivity contribution in [3.05, 3.63) is 30.2 Å². The highest BCUT2D eigenvalue weighted by Crippen LogP contribution is 2.27. The predicted octanol–water partition coefficient (Wildman–Crippen LogP) is 1.56. The zero-order valence-corrected chi connectivity index (χ0v) is 10.4. The van der Waals surface area contributed by atoms with E-state index in [1.54, 1.807) is 7.05 Å². The zero-order chi connectivity index (χ0) is 14.3. The number of benzene rings is 1. The van der Waals surface area contributed by atoms with Gasteiger partial charge in [-0.25, -0.2) is 4.39 Å². The molecule has 0 spiro atoms. The van der Waals surface area contributed by atoms with Crippen LogP contribution in [0.3, 0.4) is 0 Å². The molecule has 0 radical (unpaired) electrons. The summed E-state index contributed by atoms with van der Waals surface area (Å²) >= 11 is 0. The number of anilines is 1. The SMILES string of the molecule is Cn1ncc(-c2nc(-c3ccc(O)c(F)c3)no2)c1N. The van der Waals surface area contributed by atoms with Crippen LogP contribution in [-0.4, -0.2) is 25.0 Å². The minimum absolute atomic E-state index is 0.194. The summed E-state index contributed by atoms with van der Waals surface area (Å²) < 4.78 is 19.9. The summed E-state index contributed by atoms with van der Waals surface area (Å²) in [7, 11) is 1.69. The normalized spacial score (nSPS) is 10.9. The topological polar surface area (TPSA) is 103 Å². The van der Waals surface area contributed by atoms with E-state index in [4.69, 9.17) is 15.4 Å². The maximum absolute atomic E-state index is 13.3. The molecule has 102 valence electrons. The number of aryl methyl sites for hydroxylation is 1. The molecule has 2 aromatic heterocycles. The van der Waals surface area contributed by atoms with Gasteiger partial charge in [0, 0.05) is 12.6 Å². The first-order valence-electron chi connectivity index (χ1n) is 5.66. The maximum Gasteiger partial charge on any atom is 0.263 e. The van der Waals surface area contributed by atoms with Crippen LogP contribution in [0.4, 0.5) is 10.2 Å². The number of phenols is 1. The number of hydrogen-bond acceptors (Lipinski definition) is 6. The van der Waals surface area contributed by atoms with Crippen molar-refractivity contribution < 1.29 is 14.0 Å². The van der Waals surface area contributed by atoms with Crippen molar-refractivity contribution in [2.24, 2.45) is 7.05 Å². The molecule has 0 saturated heterocycles. The van der Waals surface area contributed by atoms with Crippen molar-refractivity contribution in [2.45, 2.75) is 0 Å². The van der Waals surface area contributed by atoms with Gasteiger partial charge in [-0.3, -0.25) is 4.68 Å². The number of nitrogen functional groups attached to an aromatic ring is 1. The van der Waals surface area contributed by atoms with Crippen LogP contribution in [0, 0.1) is 5.82 Å². The summed E-state index contributed by atoms with van der Waals surface area (Å²) in [5.74, 6) is -0.415. The van der Waals surface area contributed by atoms with Crippen molar-refractivity contribution in [2.75, 3.05) is 5.73 Å². The Morgan fingerprint density at radius 1 is 1.40 bits per heavy atom. The molecule has 0 fully saturated rings. The minimum atomic E-state index is -0.755. The van der Waals surface area contributed by atoms with Gasteiger partial charge in [-0.1, -0.05) is 5.16 Å². The third-order valence-corrected chi connectivity index (χ3v) is 2.85. The Hall–Kier alpha value is -2.90. The molecule has 3 N–H and O–H groups in total. The lowest BCUT2D eigenvalue weighted by Gasteiger charge is -1.96. The monoisotopic (exact) mass is 275 g/mol.